The molecule has 5 nitrogen and oxygen atoms in total. The normalized spacial score (nSPS) is 15.2. The van der Waals surface area contributed by atoms with Gasteiger partial charge in [-0.25, -0.2) is 0 Å². The Morgan fingerprint density at radius 3 is 2.39 bits per heavy atom. The van der Waals surface area contributed by atoms with Gasteiger partial charge in [0.15, 0.2) is 5.11 Å². The molecule has 1 aliphatic rings. The fourth-order valence-corrected chi connectivity index (χ4v) is 1.72. The molecule has 0 saturated carbocycles. The van der Waals surface area contributed by atoms with Gasteiger partial charge in [0.2, 0.25) is 0 Å². The third kappa shape index (κ3) is 2.38. The van der Waals surface area contributed by atoms with E-state index in [9.17, 15) is 14.7 Å². The number of benzene rings is 1. The highest BCUT2D eigenvalue weighted by Gasteiger charge is 2.25. The summed E-state index contributed by atoms with van der Waals surface area (Å²) in [5.41, 5.74) is 1.19. The largest absolute Gasteiger partial charge is 0.507 e. The second kappa shape index (κ2) is 4.58. The average molecular weight is 262 g/mol. The topological polar surface area (TPSA) is 78.4 Å². The summed E-state index contributed by atoms with van der Waals surface area (Å²) in [5, 5.41) is 14.3. The summed E-state index contributed by atoms with van der Waals surface area (Å²) in [4.78, 5) is 23.2. The molecule has 0 aromatic heterocycles. The Morgan fingerprint density at radius 1 is 1.22 bits per heavy atom. The minimum Gasteiger partial charge on any atom is -0.507 e. The van der Waals surface area contributed by atoms with E-state index in [1.807, 2.05) is 6.92 Å². The maximum atomic E-state index is 11.6. The molecular formula is C12H10N2O3S. The summed E-state index contributed by atoms with van der Waals surface area (Å²) in [7, 11) is 0. The highest BCUT2D eigenvalue weighted by atomic mass is 32.1. The van der Waals surface area contributed by atoms with Crippen molar-refractivity contribution in [3.63, 3.8) is 0 Å². The first-order valence-corrected chi connectivity index (χ1v) is 5.56. The van der Waals surface area contributed by atoms with E-state index < -0.39 is 11.8 Å². The molecule has 1 saturated heterocycles. The zero-order valence-electron chi connectivity index (χ0n) is 9.48. The van der Waals surface area contributed by atoms with Crippen molar-refractivity contribution in [2.45, 2.75) is 6.92 Å². The van der Waals surface area contributed by atoms with Crippen molar-refractivity contribution in [3.05, 3.63) is 34.9 Å². The number of aromatic hydroxyl groups is 1. The van der Waals surface area contributed by atoms with Gasteiger partial charge in [-0.05, 0) is 36.8 Å². The van der Waals surface area contributed by atoms with Crippen molar-refractivity contribution in [1.29, 1.82) is 0 Å². The molecule has 1 aliphatic heterocycles. The molecule has 1 aromatic rings. The summed E-state index contributed by atoms with van der Waals surface area (Å²) in [6, 6.07) is 4.95. The van der Waals surface area contributed by atoms with Crippen LogP contribution in [0.5, 0.6) is 5.75 Å². The van der Waals surface area contributed by atoms with Crippen molar-refractivity contribution >= 4 is 35.2 Å². The molecule has 2 rings (SSSR count). The van der Waals surface area contributed by atoms with Crippen molar-refractivity contribution in [2.75, 3.05) is 0 Å². The zero-order chi connectivity index (χ0) is 13.3. The van der Waals surface area contributed by atoms with Gasteiger partial charge in [-0.15, -0.1) is 0 Å². The van der Waals surface area contributed by atoms with Gasteiger partial charge in [-0.3, -0.25) is 20.2 Å². The van der Waals surface area contributed by atoms with Crippen LogP contribution in [0.25, 0.3) is 6.08 Å². The van der Waals surface area contributed by atoms with Crippen molar-refractivity contribution in [3.8, 4) is 5.75 Å². The Morgan fingerprint density at radius 2 is 1.83 bits per heavy atom. The second-order valence-electron chi connectivity index (χ2n) is 3.86. The maximum Gasteiger partial charge on any atom is 0.263 e. The van der Waals surface area contributed by atoms with Gasteiger partial charge >= 0.3 is 0 Å². The van der Waals surface area contributed by atoms with Crippen LogP contribution in [0.4, 0.5) is 0 Å². The lowest BCUT2D eigenvalue weighted by atomic mass is 10.1. The Kier molecular flexibility index (Phi) is 3.12. The van der Waals surface area contributed by atoms with E-state index in [1.54, 1.807) is 18.2 Å². The van der Waals surface area contributed by atoms with E-state index in [0.717, 1.165) is 5.56 Å². The third-order valence-corrected chi connectivity index (χ3v) is 2.63. The van der Waals surface area contributed by atoms with E-state index in [0.29, 0.717) is 5.56 Å². The number of phenols is 1. The number of nitrogens with one attached hydrogen (secondary N) is 2. The van der Waals surface area contributed by atoms with Crippen LogP contribution in [0.2, 0.25) is 0 Å². The number of thiocarbonyl (C=S) groups is 1. The second-order valence-corrected chi connectivity index (χ2v) is 4.27. The molecule has 0 bridgehead atoms. The number of rotatable bonds is 1. The molecule has 3 N–H and O–H groups in total. The summed E-state index contributed by atoms with van der Waals surface area (Å²) in [6.07, 6.45) is 1.32. The number of carbonyl (C=O) groups excluding carboxylic acids is 2. The Labute approximate surface area is 109 Å². The first kappa shape index (κ1) is 12.3. The molecular weight excluding hydrogens is 252 g/mol. The molecule has 92 valence electrons. The lowest BCUT2D eigenvalue weighted by molar-refractivity contribution is -0.123. The monoisotopic (exact) mass is 262 g/mol. The number of amides is 2. The molecule has 1 heterocycles. The predicted octanol–water partition coefficient (Wildman–Crippen LogP) is 0.615. The summed E-state index contributed by atoms with van der Waals surface area (Å²) < 4.78 is 0. The van der Waals surface area contributed by atoms with Crippen LogP contribution < -0.4 is 10.6 Å². The average Bonchev–Trinajstić information content (AvgIpc) is 2.25. The van der Waals surface area contributed by atoms with E-state index in [2.05, 4.69) is 22.9 Å². The summed E-state index contributed by atoms with van der Waals surface area (Å²) >= 11 is 4.68. The van der Waals surface area contributed by atoms with E-state index >= 15 is 0 Å². The molecule has 1 fully saturated rings. The summed E-state index contributed by atoms with van der Waals surface area (Å²) in [5.74, 6) is -1.15. The zero-order valence-corrected chi connectivity index (χ0v) is 10.3. The quantitative estimate of drug-likeness (QED) is 0.394. The van der Waals surface area contributed by atoms with Crippen molar-refractivity contribution in [1.82, 2.24) is 10.6 Å². The Balaban J connectivity index is 2.40. The highest BCUT2D eigenvalue weighted by Crippen LogP contribution is 2.21. The molecule has 0 atom stereocenters. The minimum absolute atomic E-state index is 0.0104. The SMILES string of the molecule is Cc1ccc(C=C2C(=O)NC(=S)NC2=O)c(O)c1. The van der Waals surface area contributed by atoms with Crippen molar-refractivity contribution < 1.29 is 14.7 Å². The predicted molar refractivity (Wildman–Crippen MR) is 69.7 cm³/mol. The maximum absolute atomic E-state index is 11.6. The Bertz CT molecular complexity index is 571. The molecule has 0 spiro atoms. The van der Waals surface area contributed by atoms with Gasteiger partial charge in [0.05, 0.1) is 0 Å². The van der Waals surface area contributed by atoms with Crippen LogP contribution in [0.3, 0.4) is 0 Å². The fraction of sp³-hybridized carbons (Fsp3) is 0.0833. The van der Waals surface area contributed by atoms with Gasteiger partial charge in [-0.2, -0.15) is 0 Å². The lowest BCUT2D eigenvalue weighted by Crippen LogP contribution is -2.51. The molecule has 2 amide bonds. The Hall–Kier alpha value is -2.21. The number of hydrogen-bond donors (Lipinski definition) is 3. The molecule has 6 heteroatoms. The summed E-state index contributed by atoms with van der Waals surface area (Å²) in [6.45, 7) is 1.83. The van der Waals surface area contributed by atoms with Crippen LogP contribution in [-0.4, -0.2) is 22.0 Å². The highest BCUT2D eigenvalue weighted by molar-refractivity contribution is 7.80. The molecule has 1 aromatic carbocycles. The van der Waals surface area contributed by atoms with Crippen LogP contribution in [0.15, 0.2) is 23.8 Å². The first-order valence-electron chi connectivity index (χ1n) is 5.15. The number of hydrogen-bond acceptors (Lipinski definition) is 4. The molecule has 0 radical (unpaired) electrons. The van der Waals surface area contributed by atoms with Crippen molar-refractivity contribution in [2.24, 2.45) is 0 Å². The fourth-order valence-electron chi connectivity index (χ4n) is 1.54. The first-order chi connectivity index (χ1) is 8.47. The van der Waals surface area contributed by atoms with Gasteiger partial charge < -0.3 is 5.11 Å². The van der Waals surface area contributed by atoms with Crippen LogP contribution >= 0.6 is 12.2 Å². The van der Waals surface area contributed by atoms with Crippen LogP contribution in [0.1, 0.15) is 11.1 Å². The van der Waals surface area contributed by atoms with E-state index in [4.69, 9.17) is 0 Å². The number of carbonyl (C=O) groups is 2. The van der Waals surface area contributed by atoms with Crippen LogP contribution in [0, 0.1) is 6.92 Å². The van der Waals surface area contributed by atoms with E-state index in [1.165, 1.54) is 6.08 Å². The standard InChI is InChI=1S/C12H10N2O3S/c1-6-2-3-7(9(15)4-6)5-8-10(16)13-12(18)14-11(8)17/h2-5,15H,1H3,(H2,13,14,16,17,18). The number of phenolic OH excluding ortho intramolecular Hbond substituents is 1. The van der Waals surface area contributed by atoms with Gasteiger partial charge in [-0.1, -0.05) is 12.1 Å². The minimum atomic E-state index is -0.580. The lowest BCUT2D eigenvalue weighted by Gasteiger charge is -2.16. The van der Waals surface area contributed by atoms with Gasteiger partial charge in [0.1, 0.15) is 11.3 Å². The molecule has 0 aliphatic carbocycles. The number of aryl methyl sites for hydroxylation is 1. The van der Waals surface area contributed by atoms with Gasteiger partial charge in [0, 0.05) is 5.56 Å². The van der Waals surface area contributed by atoms with Crippen LogP contribution in [-0.2, 0) is 9.59 Å². The van der Waals surface area contributed by atoms with Gasteiger partial charge in [0.25, 0.3) is 11.8 Å². The van der Waals surface area contributed by atoms with E-state index in [-0.39, 0.29) is 16.4 Å². The molecule has 0 unspecified atom stereocenters. The third-order valence-electron chi connectivity index (χ3n) is 2.43. The smallest absolute Gasteiger partial charge is 0.263 e. The molecule has 18 heavy (non-hydrogen) atoms.